The number of hydrogen-bond donors (Lipinski definition) is 1. The Hall–Kier alpha value is -1.89. The number of halogens is 2. The summed E-state index contributed by atoms with van der Waals surface area (Å²) in [7, 11) is 0. The maximum absolute atomic E-state index is 13.1. The zero-order chi connectivity index (χ0) is 16.9. The van der Waals surface area contributed by atoms with Crippen LogP contribution in [0.5, 0.6) is 0 Å². The van der Waals surface area contributed by atoms with Crippen LogP contribution in [0.25, 0.3) is 0 Å². The fraction of sp³-hybridized carbons (Fsp3) is 0.353. The number of nitrogens with zero attached hydrogens (tertiary/aromatic N) is 1. The van der Waals surface area contributed by atoms with E-state index in [0.717, 1.165) is 24.9 Å². The van der Waals surface area contributed by atoms with Gasteiger partial charge in [0.15, 0.2) is 0 Å². The predicted octanol–water partition coefficient (Wildman–Crippen LogP) is 2.88. The molecule has 0 saturated carbocycles. The summed E-state index contributed by atoms with van der Waals surface area (Å²) in [6, 6.07) is 7.34. The standard InChI is InChI=1S/C17H18ClFN2O3/c18-14-10-12(19)3-4-13(14)17(22)20-11-15(16-2-1-7-24-16)21-5-8-23-9-6-21/h1-4,7,10,15H,5-6,8-9,11H2,(H,20,22). The summed E-state index contributed by atoms with van der Waals surface area (Å²) in [6.45, 7) is 3.18. The summed E-state index contributed by atoms with van der Waals surface area (Å²) in [4.78, 5) is 14.5. The van der Waals surface area contributed by atoms with Gasteiger partial charge in [0.05, 0.1) is 36.1 Å². The van der Waals surface area contributed by atoms with Crippen molar-refractivity contribution < 1.29 is 18.3 Å². The van der Waals surface area contributed by atoms with Gasteiger partial charge in [0.2, 0.25) is 0 Å². The molecule has 1 unspecified atom stereocenters. The first-order valence-corrected chi connectivity index (χ1v) is 8.11. The molecule has 1 fully saturated rings. The summed E-state index contributed by atoms with van der Waals surface area (Å²) in [5.41, 5.74) is 0.248. The van der Waals surface area contributed by atoms with Crippen molar-refractivity contribution in [1.82, 2.24) is 10.2 Å². The molecular weight excluding hydrogens is 335 g/mol. The van der Waals surface area contributed by atoms with E-state index in [1.807, 2.05) is 12.1 Å². The highest BCUT2D eigenvalue weighted by molar-refractivity contribution is 6.33. The van der Waals surface area contributed by atoms with E-state index in [9.17, 15) is 9.18 Å². The van der Waals surface area contributed by atoms with Gasteiger partial charge >= 0.3 is 0 Å². The second kappa shape index (κ2) is 7.79. The van der Waals surface area contributed by atoms with E-state index in [-0.39, 0.29) is 22.5 Å². The summed E-state index contributed by atoms with van der Waals surface area (Å²) in [5, 5.41) is 2.95. The van der Waals surface area contributed by atoms with Crippen molar-refractivity contribution in [3.8, 4) is 0 Å². The van der Waals surface area contributed by atoms with Gasteiger partial charge in [-0.05, 0) is 30.3 Å². The second-order valence-electron chi connectivity index (χ2n) is 5.51. The fourth-order valence-corrected chi connectivity index (χ4v) is 2.99. The number of hydrogen-bond acceptors (Lipinski definition) is 4. The first-order chi connectivity index (χ1) is 11.6. The van der Waals surface area contributed by atoms with Crippen molar-refractivity contribution in [1.29, 1.82) is 0 Å². The van der Waals surface area contributed by atoms with Crippen LogP contribution in [0.4, 0.5) is 4.39 Å². The molecule has 7 heteroatoms. The summed E-state index contributed by atoms with van der Waals surface area (Å²) in [6.07, 6.45) is 1.61. The van der Waals surface area contributed by atoms with Crippen LogP contribution in [0.3, 0.4) is 0 Å². The Morgan fingerprint density at radius 3 is 2.79 bits per heavy atom. The van der Waals surface area contributed by atoms with Gasteiger partial charge in [-0.15, -0.1) is 0 Å². The lowest BCUT2D eigenvalue weighted by Gasteiger charge is -2.33. The third kappa shape index (κ3) is 3.95. The van der Waals surface area contributed by atoms with Gasteiger partial charge in [-0.25, -0.2) is 4.39 Å². The maximum Gasteiger partial charge on any atom is 0.252 e. The van der Waals surface area contributed by atoms with E-state index in [1.54, 1.807) is 6.26 Å². The summed E-state index contributed by atoms with van der Waals surface area (Å²) < 4.78 is 24.0. The average molecular weight is 353 g/mol. The van der Waals surface area contributed by atoms with Crippen molar-refractivity contribution >= 4 is 17.5 Å². The molecule has 5 nitrogen and oxygen atoms in total. The van der Waals surface area contributed by atoms with E-state index in [2.05, 4.69) is 10.2 Å². The molecule has 1 N–H and O–H groups in total. The Morgan fingerprint density at radius 1 is 1.33 bits per heavy atom. The molecule has 2 aromatic rings. The van der Waals surface area contributed by atoms with Gasteiger partial charge in [0.25, 0.3) is 5.91 Å². The molecule has 2 heterocycles. The molecule has 1 saturated heterocycles. The summed E-state index contributed by atoms with van der Waals surface area (Å²) >= 11 is 5.94. The first-order valence-electron chi connectivity index (χ1n) is 7.73. The SMILES string of the molecule is O=C(NCC(c1ccco1)N1CCOCC1)c1ccc(F)cc1Cl. The third-order valence-electron chi connectivity index (χ3n) is 3.99. The zero-order valence-electron chi connectivity index (χ0n) is 13.0. The molecule has 1 atom stereocenters. The number of ether oxygens (including phenoxy) is 1. The van der Waals surface area contributed by atoms with Crippen LogP contribution >= 0.6 is 11.6 Å². The Balaban J connectivity index is 1.70. The minimum atomic E-state index is -0.474. The molecule has 1 aliphatic heterocycles. The van der Waals surface area contributed by atoms with Gasteiger partial charge in [-0.2, -0.15) is 0 Å². The largest absolute Gasteiger partial charge is 0.468 e. The normalized spacial score (nSPS) is 16.8. The summed E-state index contributed by atoms with van der Waals surface area (Å²) in [5.74, 6) is -0.0365. The molecule has 1 aromatic carbocycles. The minimum Gasteiger partial charge on any atom is -0.468 e. The average Bonchev–Trinajstić information content (AvgIpc) is 3.10. The molecule has 3 rings (SSSR count). The minimum absolute atomic E-state index is 0.0907. The van der Waals surface area contributed by atoms with Gasteiger partial charge in [0.1, 0.15) is 11.6 Å². The van der Waals surface area contributed by atoms with Crippen LogP contribution in [0, 0.1) is 5.82 Å². The van der Waals surface area contributed by atoms with Crippen LogP contribution in [-0.2, 0) is 4.74 Å². The molecule has 1 amide bonds. The number of furan rings is 1. The van der Waals surface area contributed by atoms with Crippen LogP contribution in [-0.4, -0.2) is 43.7 Å². The third-order valence-corrected chi connectivity index (χ3v) is 4.30. The molecule has 24 heavy (non-hydrogen) atoms. The first kappa shape index (κ1) is 17.0. The lowest BCUT2D eigenvalue weighted by molar-refractivity contribution is 0.0118. The number of rotatable bonds is 5. The van der Waals surface area contributed by atoms with E-state index in [0.29, 0.717) is 19.8 Å². The topological polar surface area (TPSA) is 54.7 Å². The zero-order valence-corrected chi connectivity index (χ0v) is 13.8. The molecule has 128 valence electrons. The Labute approximate surface area is 144 Å². The Bertz CT molecular complexity index is 687. The van der Waals surface area contributed by atoms with Gasteiger partial charge in [0, 0.05) is 19.6 Å². The van der Waals surface area contributed by atoms with Gasteiger partial charge in [-0.1, -0.05) is 11.6 Å². The predicted molar refractivity (Wildman–Crippen MR) is 87.6 cm³/mol. The number of amides is 1. The fourth-order valence-electron chi connectivity index (χ4n) is 2.74. The molecule has 0 bridgehead atoms. The lowest BCUT2D eigenvalue weighted by Crippen LogP contribution is -2.43. The Morgan fingerprint density at radius 2 is 2.12 bits per heavy atom. The molecular formula is C17H18ClFN2O3. The van der Waals surface area contributed by atoms with Gasteiger partial charge < -0.3 is 14.5 Å². The highest BCUT2D eigenvalue weighted by Crippen LogP contribution is 2.22. The van der Waals surface area contributed by atoms with E-state index in [4.69, 9.17) is 20.8 Å². The lowest BCUT2D eigenvalue weighted by atomic mass is 10.1. The smallest absolute Gasteiger partial charge is 0.252 e. The second-order valence-corrected chi connectivity index (χ2v) is 5.92. The number of nitrogens with one attached hydrogen (secondary N) is 1. The molecule has 1 aliphatic rings. The quantitative estimate of drug-likeness (QED) is 0.899. The molecule has 0 aliphatic carbocycles. The van der Waals surface area contributed by atoms with Crippen molar-refractivity contribution in [3.63, 3.8) is 0 Å². The van der Waals surface area contributed by atoms with Crippen molar-refractivity contribution in [2.45, 2.75) is 6.04 Å². The van der Waals surface area contributed by atoms with Crippen molar-refractivity contribution in [2.24, 2.45) is 0 Å². The molecule has 1 aromatic heterocycles. The maximum atomic E-state index is 13.1. The van der Waals surface area contributed by atoms with Crippen LogP contribution in [0.1, 0.15) is 22.2 Å². The number of carbonyl (C=O) groups excluding carboxylic acids is 1. The highest BCUT2D eigenvalue weighted by Gasteiger charge is 2.25. The number of carbonyl (C=O) groups is 1. The van der Waals surface area contributed by atoms with Crippen molar-refractivity contribution in [2.75, 3.05) is 32.8 Å². The van der Waals surface area contributed by atoms with E-state index < -0.39 is 5.82 Å². The Kier molecular flexibility index (Phi) is 5.50. The van der Waals surface area contributed by atoms with E-state index >= 15 is 0 Å². The number of morpholine rings is 1. The molecule has 0 spiro atoms. The highest BCUT2D eigenvalue weighted by atomic mass is 35.5. The van der Waals surface area contributed by atoms with Crippen LogP contribution < -0.4 is 5.32 Å². The molecule has 0 radical (unpaired) electrons. The monoisotopic (exact) mass is 352 g/mol. The van der Waals surface area contributed by atoms with Gasteiger partial charge in [-0.3, -0.25) is 9.69 Å². The number of benzene rings is 1. The van der Waals surface area contributed by atoms with E-state index in [1.165, 1.54) is 12.1 Å². The van der Waals surface area contributed by atoms with Crippen molar-refractivity contribution in [3.05, 3.63) is 58.8 Å². The van der Waals surface area contributed by atoms with Crippen LogP contribution in [0.15, 0.2) is 41.0 Å². The van der Waals surface area contributed by atoms with Crippen LogP contribution in [0.2, 0.25) is 5.02 Å².